The van der Waals surface area contributed by atoms with Gasteiger partial charge in [0.2, 0.25) is 0 Å². The summed E-state index contributed by atoms with van der Waals surface area (Å²) >= 11 is 0. The largest absolute Gasteiger partial charge is 0.489 e. The van der Waals surface area contributed by atoms with E-state index >= 15 is 0 Å². The van der Waals surface area contributed by atoms with E-state index < -0.39 is 0 Å². The molecule has 0 aromatic heterocycles. The Bertz CT molecular complexity index is 425. The number of hydrogen-bond acceptors (Lipinski definition) is 2. The highest BCUT2D eigenvalue weighted by Gasteiger charge is 2.21. The van der Waals surface area contributed by atoms with E-state index in [4.69, 9.17) is 4.74 Å². The fourth-order valence-corrected chi connectivity index (χ4v) is 2.72. The third kappa shape index (κ3) is 3.60. The van der Waals surface area contributed by atoms with Crippen molar-refractivity contribution in [3.8, 4) is 5.75 Å². The van der Waals surface area contributed by atoms with Crippen LogP contribution in [0, 0.1) is 0 Å². The summed E-state index contributed by atoms with van der Waals surface area (Å²) in [6.45, 7) is 6.00. The van der Waals surface area contributed by atoms with Crippen LogP contribution in [0.5, 0.6) is 5.75 Å². The molecule has 0 radical (unpaired) electrons. The highest BCUT2D eigenvalue weighted by atomic mass is 16.5. The molecule has 0 heterocycles. The molecule has 104 valence electrons. The maximum atomic E-state index is 5.88. The molecule has 0 spiro atoms. The van der Waals surface area contributed by atoms with Crippen LogP contribution in [0.4, 0.5) is 0 Å². The van der Waals surface area contributed by atoms with Crippen LogP contribution in [-0.4, -0.2) is 13.2 Å². The lowest BCUT2D eigenvalue weighted by Gasteiger charge is -2.28. The van der Waals surface area contributed by atoms with E-state index in [9.17, 15) is 0 Å². The van der Waals surface area contributed by atoms with E-state index in [0.29, 0.717) is 12.6 Å². The molecule has 2 nitrogen and oxygen atoms in total. The van der Waals surface area contributed by atoms with Gasteiger partial charge in [-0.3, -0.25) is 0 Å². The minimum Gasteiger partial charge on any atom is -0.489 e. The van der Waals surface area contributed by atoms with Crippen molar-refractivity contribution >= 4 is 0 Å². The van der Waals surface area contributed by atoms with E-state index in [1.165, 1.54) is 30.4 Å². The molecule has 1 aliphatic carbocycles. The zero-order valence-corrected chi connectivity index (χ0v) is 12.1. The zero-order chi connectivity index (χ0) is 13.5. The molecular formula is C17H25NO. The van der Waals surface area contributed by atoms with Gasteiger partial charge in [0.15, 0.2) is 0 Å². The third-order valence-corrected chi connectivity index (χ3v) is 3.68. The van der Waals surface area contributed by atoms with E-state index in [1.807, 2.05) is 13.0 Å². The molecule has 19 heavy (non-hydrogen) atoms. The lowest BCUT2D eigenvalue weighted by molar-refractivity contribution is 0.352. The van der Waals surface area contributed by atoms with Gasteiger partial charge in [0.1, 0.15) is 12.4 Å². The molecular weight excluding hydrogens is 234 g/mol. The van der Waals surface area contributed by atoms with E-state index in [0.717, 1.165) is 18.7 Å². The smallest absolute Gasteiger partial charge is 0.123 e. The third-order valence-electron chi connectivity index (χ3n) is 3.68. The highest BCUT2D eigenvalue weighted by Crippen LogP contribution is 2.35. The lowest BCUT2D eigenvalue weighted by Crippen LogP contribution is -2.26. The summed E-state index contributed by atoms with van der Waals surface area (Å²) in [5, 5.41) is 3.65. The number of allylic oxidation sites excluding steroid dienone is 1. The first-order valence-corrected chi connectivity index (χ1v) is 7.46. The molecule has 1 N–H and O–H groups in total. The Morgan fingerprint density at radius 2 is 2.32 bits per heavy atom. The summed E-state index contributed by atoms with van der Waals surface area (Å²) in [4.78, 5) is 0. The van der Waals surface area contributed by atoms with Crippen molar-refractivity contribution < 1.29 is 4.74 Å². The van der Waals surface area contributed by atoms with Gasteiger partial charge in [-0.2, -0.15) is 0 Å². The first-order chi connectivity index (χ1) is 9.36. The van der Waals surface area contributed by atoms with Crippen molar-refractivity contribution in [3.63, 3.8) is 0 Å². The highest BCUT2D eigenvalue weighted by molar-refractivity contribution is 5.43. The topological polar surface area (TPSA) is 21.3 Å². The Balaban J connectivity index is 2.15. The van der Waals surface area contributed by atoms with Gasteiger partial charge in [-0.15, -0.1) is 0 Å². The Kier molecular flexibility index (Phi) is 5.46. The number of hydrogen-bond donors (Lipinski definition) is 1. The summed E-state index contributed by atoms with van der Waals surface area (Å²) in [7, 11) is 0. The van der Waals surface area contributed by atoms with Crippen LogP contribution in [0.25, 0.3) is 0 Å². The molecule has 0 aliphatic heterocycles. The van der Waals surface area contributed by atoms with Gasteiger partial charge in [0.05, 0.1) is 0 Å². The number of fused-ring (bicyclic) bond motifs is 1. The van der Waals surface area contributed by atoms with Gasteiger partial charge < -0.3 is 10.1 Å². The maximum Gasteiger partial charge on any atom is 0.123 e. The average molecular weight is 259 g/mol. The monoisotopic (exact) mass is 259 g/mol. The first-order valence-electron chi connectivity index (χ1n) is 7.46. The summed E-state index contributed by atoms with van der Waals surface area (Å²) in [6, 6.07) is 6.99. The van der Waals surface area contributed by atoms with Gasteiger partial charge in [0, 0.05) is 6.04 Å². The molecule has 1 aliphatic rings. The van der Waals surface area contributed by atoms with Crippen LogP contribution in [0.3, 0.4) is 0 Å². The molecule has 1 aromatic carbocycles. The predicted molar refractivity (Wildman–Crippen MR) is 80.7 cm³/mol. The van der Waals surface area contributed by atoms with Crippen LogP contribution in [-0.2, 0) is 6.42 Å². The first kappa shape index (κ1) is 14.1. The summed E-state index contributed by atoms with van der Waals surface area (Å²) in [6.07, 6.45) is 8.90. The lowest BCUT2D eigenvalue weighted by atomic mass is 9.87. The van der Waals surface area contributed by atoms with Gasteiger partial charge in [-0.25, -0.2) is 0 Å². The van der Waals surface area contributed by atoms with Crippen LogP contribution in [0.2, 0.25) is 0 Å². The number of rotatable bonds is 6. The molecule has 2 heteroatoms. The second-order valence-electron chi connectivity index (χ2n) is 5.10. The number of benzene rings is 1. The van der Waals surface area contributed by atoms with Crippen LogP contribution < -0.4 is 10.1 Å². The Labute approximate surface area is 116 Å². The number of ether oxygens (including phenoxy) is 1. The summed E-state index contributed by atoms with van der Waals surface area (Å²) < 4.78 is 5.88. The van der Waals surface area contributed by atoms with Gasteiger partial charge in [-0.05, 0) is 56.3 Å². The molecule has 0 saturated carbocycles. The second kappa shape index (κ2) is 7.34. The second-order valence-corrected chi connectivity index (χ2v) is 5.10. The molecule has 0 saturated heterocycles. The quantitative estimate of drug-likeness (QED) is 0.779. The standard InChI is InChI=1S/C17H25NO/c1-3-5-13-19-17-11-7-8-14-15(17)9-6-10-16(14)18-12-4-2/h3,5,7-8,11,16,18H,4,6,9-10,12-13H2,1-2H3. The van der Waals surface area contributed by atoms with Crippen molar-refractivity contribution in [3.05, 3.63) is 41.5 Å². The van der Waals surface area contributed by atoms with Crippen molar-refractivity contribution in [2.45, 2.75) is 45.6 Å². The van der Waals surface area contributed by atoms with E-state index in [1.54, 1.807) is 0 Å². The fourth-order valence-electron chi connectivity index (χ4n) is 2.72. The molecule has 1 atom stereocenters. The molecule has 0 fully saturated rings. The summed E-state index contributed by atoms with van der Waals surface area (Å²) in [5.41, 5.74) is 2.85. The summed E-state index contributed by atoms with van der Waals surface area (Å²) in [5.74, 6) is 1.07. The van der Waals surface area contributed by atoms with E-state index in [-0.39, 0.29) is 0 Å². The number of nitrogens with one attached hydrogen (secondary N) is 1. The minimum atomic E-state index is 0.508. The SMILES string of the molecule is CC=CCOc1cccc2c1CCCC2NCCC. The Hall–Kier alpha value is -1.28. The normalized spacial score (nSPS) is 18.5. The van der Waals surface area contributed by atoms with Crippen LogP contribution in [0.15, 0.2) is 30.4 Å². The van der Waals surface area contributed by atoms with Crippen molar-refractivity contribution in [1.82, 2.24) is 5.32 Å². The minimum absolute atomic E-state index is 0.508. The Morgan fingerprint density at radius 3 is 3.11 bits per heavy atom. The molecule has 0 bridgehead atoms. The predicted octanol–water partition coefficient (Wildman–Crippen LogP) is 4.02. The Morgan fingerprint density at radius 1 is 1.42 bits per heavy atom. The molecule has 1 aromatic rings. The van der Waals surface area contributed by atoms with Crippen molar-refractivity contribution in [2.75, 3.05) is 13.2 Å². The molecule has 1 unspecified atom stereocenters. The molecule has 0 amide bonds. The average Bonchev–Trinajstić information content (AvgIpc) is 2.45. The van der Waals surface area contributed by atoms with Gasteiger partial charge >= 0.3 is 0 Å². The fraction of sp³-hybridized carbons (Fsp3) is 0.529. The molecule has 2 rings (SSSR count). The van der Waals surface area contributed by atoms with Crippen molar-refractivity contribution in [1.29, 1.82) is 0 Å². The van der Waals surface area contributed by atoms with Crippen LogP contribution >= 0.6 is 0 Å². The van der Waals surface area contributed by atoms with Crippen LogP contribution in [0.1, 0.15) is 50.3 Å². The van der Waals surface area contributed by atoms with Gasteiger partial charge in [-0.1, -0.05) is 31.2 Å². The maximum absolute atomic E-state index is 5.88. The van der Waals surface area contributed by atoms with Crippen molar-refractivity contribution in [2.24, 2.45) is 0 Å². The van der Waals surface area contributed by atoms with E-state index in [2.05, 4.69) is 36.5 Å². The zero-order valence-electron chi connectivity index (χ0n) is 12.1. The van der Waals surface area contributed by atoms with Gasteiger partial charge in [0.25, 0.3) is 0 Å².